The molecule has 0 saturated carbocycles. The summed E-state index contributed by atoms with van der Waals surface area (Å²) in [5.41, 5.74) is 1.61. The summed E-state index contributed by atoms with van der Waals surface area (Å²) in [6.45, 7) is 5.78. The van der Waals surface area contributed by atoms with Crippen molar-refractivity contribution in [3.8, 4) is 0 Å². The number of hydrogen-bond donors (Lipinski definition) is 2. The molecule has 2 aromatic rings. The molecule has 0 radical (unpaired) electrons. The van der Waals surface area contributed by atoms with Crippen molar-refractivity contribution >= 4 is 28.9 Å². The molecule has 0 aliphatic rings. The van der Waals surface area contributed by atoms with Crippen LogP contribution < -0.4 is 10.6 Å². The Morgan fingerprint density at radius 1 is 1.19 bits per heavy atom. The van der Waals surface area contributed by atoms with Gasteiger partial charge in [0.25, 0.3) is 5.91 Å². The molecule has 110 valence electrons. The Morgan fingerprint density at radius 2 is 1.90 bits per heavy atom. The lowest BCUT2D eigenvalue weighted by Crippen LogP contribution is -2.40. The number of benzene rings is 1. The highest BCUT2D eigenvalue weighted by molar-refractivity contribution is 6.33. The summed E-state index contributed by atoms with van der Waals surface area (Å²) in [6.07, 6.45) is 1.59. The third kappa shape index (κ3) is 4.46. The molecule has 1 aromatic carbocycles. The van der Waals surface area contributed by atoms with Crippen LogP contribution in [-0.2, 0) is 0 Å². The Kier molecular flexibility index (Phi) is 4.48. The van der Waals surface area contributed by atoms with E-state index in [9.17, 15) is 4.79 Å². The van der Waals surface area contributed by atoms with Crippen molar-refractivity contribution < 1.29 is 4.79 Å². The van der Waals surface area contributed by atoms with E-state index in [1.807, 2.05) is 39.0 Å². The van der Waals surface area contributed by atoms with Gasteiger partial charge in [-0.15, -0.1) is 0 Å². The van der Waals surface area contributed by atoms with Gasteiger partial charge < -0.3 is 10.6 Å². The van der Waals surface area contributed by atoms with Crippen molar-refractivity contribution in [2.45, 2.75) is 26.3 Å². The lowest BCUT2D eigenvalue weighted by atomic mass is 10.1. The Morgan fingerprint density at radius 3 is 2.57 bits per heavy atom. The first-order chi connectivity index (χ1) is 9.85. The van der Waals surface area contributed by atoms with E-state index in [2.05, 4.69) is 15.6 Å². The SMILES string of the molecule is CC(C)(C)NC(=O)c1cc(Nc2ccccc2Cl)ccn1. The van der Waals surface area contributed by atoms with Gasteiger partial charge in [0, 0.05) is 17.4 Å². The number of amides is 1. The van der Waals surface area contributed by atoms with E-state index >= 15 is 0 Å². The molecule has 0 fully saturated rings. The standard InChI is InChI=1S/C16H18ClN3O/c1-16(2,3)20-15(21)14-10-11(8-9-18-14)19-13-7-5-4-6-12(13)17/h4-10H,1-3H3,(H,18,19)(H,20,21). The summed E-state index contributed by atoms with van der Waals surface area (Å²) in [4.78, 5) is 16.2. The highest BCUT2D eigenvalue weighted by atomic mass is 35.5. The molecule has 2 N–H and O–H groups in total. The van der Waals surface area contributed by atoms with Crippen molar-refractivity contribution in [3.63, 3.8) is 0 Å². The van der Waals surface area contributed by atoms with Crippen molar-refractivity contribution in [2.75, 3.05) is 5.32 Å². The van der Waals surface area contributed by atoms with Crippen molar-refractivity contribution in [1.29, 1.82) is 0 Å². The van der Waals surface area contributed by atoms with E-state index in [-0.39, 0.29) is 11.4 Å². The zero-order chi connectivity index (χ0) is 15.5. The molecular formula is C16H18ClN3O. The van der Waals surface area contributed by atoms with Gasteiger partial charge in [-0.1, -0.05) is 23.7 Å². The van der Waals surface area contributed by atoms with E-state index in [4.69, 9.17) is 11.6 Å². The molecule has 0 bridgehead atoms. The summed E-state index contributed by atoms with van der Waals surface area (Å²) in [7, 11) is 0. The highest BCUT2D eigenvalue weighted by Crippen LogP contribution is 2.24. The first kappa shape index (κ1) is 15.3. The molecule has 1 amide bonds. The number of nitrogens with one attached hydrogen (secondary N) is 2. The number of anilines is 2. The van der Waals surface area contributed by atoms with Crippen LogP contribution in [0.1, 0.15) is 31.3 Å². The van der Waals surface area contributed by atoms with E-state index in [1.165, 1.54) is 0 Å². The van der Waals surface area contributed by atoms with Gasteiger partial charge in [-0.3, -0.25) is 9.78 Å². The number of para-hydroxylation sites is 1. The molecule has 0 unspecified atom stereocenters. The third-order valence-electron chi connectivity index (χ3n) is 2.63. The maximum atomic E-state index is 12.1. The van der Waals surface area contributed by atoms with Crippen molar-refractivity contribution in [2.24, 2.45) is 0 Å². The topological polar surface area (TPSA) is 54.0 Å². The van der Waals surface area contributed by atoms with Gasteiger partial charge in [-0.25, -0.2) is 0 Å². The van der Waals surface area contributed by atoms with Crippen LogP contribution >= 0.6 is 11.6 Å². The largest absolute Gasteiger partial charge is 0.354 e. The second kappa shape index (κ2) is 6.14. The molecule has 4 nitrogen and oxygen atoms in total. The normalized spacial score (nSPS) is 11.0. The molecule has 0 aliphatic carbocycles. The van der Waals surface area contributed by atoms with Gasteiger partial charge in [0.15, 0.2) is 0 Å². The quantitative estimate of drug-likeness (QED) is 0.901. The molecule has 0 aliphatic heterocycles. The maximum Gasteiger partial charge on any atom is 0.270 e. The fourth-order valence-corrected chi connectivity index (χ4v) is 1.94. The Labute approximate surface area is 129 Å². The average molecular weight is 304 g/mol. The van der Waals surface area contributed by atoms with Crippen LogP contribution in [0.25, 0.3) is 0 Å². The van der Waals surface area contributed by atoms with E-state index in [0.29, 0.717) is 10.7 Å². The number of halogens is 1. The summed E-state index contributed by atoms with van der Waals surface area (Å²) < 4.78 is 0. The number of aromatic nitrogens is 1. The van der Waals surface area contributed by atoms with Gasteiger partial charge in [0.05, 0.1) is 10.7 Å². The van der Waals surface area contributed by atoms with Gasteiger partial charge in [-0.2, -0.15) is 0 Å². The van der Waals surface area contributed by atoms with Crippen LogP contribution in [-0.4, -0.2) is 16.4 Å². The third-order valence-corrected chi connectivity index (χ3v) is 2.96. The van der Waals surface area contributed by atoms with Gasteiger partial charge in [-0.05, 0) is 45.0 Å². The Balaban J connectivity index is 2.18. The van der Waals surface area contributed by atoms with Gasteiger partial charge in [0.2, 0.25) is 0 Å². The summed E-state index contributed by atoms with van der Waals surface area (Å²) in [6, 6.07) is 10.9. The summed E-state index contributed by atoms with van der Waals surface area (Å²) in [5.74, 6) is -0.203. The number of carbonyl (C=O) groups is 1. The van der Waals surface area contributed by atoms with Crippen LogP contribution in [0.5, 0.6) is 0 Å². The minimum absolute atomic E-state index is 0.203. The summed E-state index contributed by atoms with van der Waals surface area (Å²) in [5, 5.41) is 6.68. The minimum atomic E-state index is -0.301. The number of rotatable bonds is 3. The number of carbonyl (C=O) groups excluding carboxylic acids is 1. The zero-order valence-corrected chi connectivity index (χ0v) is 13.0. The predicted molar refractivity (Wildman–Crippen MR) is 86.2 cm³/mol. The first-order valence-corrected chi connectivity index (χ1v) is 7.03. The number of pyridine rings is 1. The highest BCUT2D eigenvalue weighted by Gasteiger charge is 2.16. The first-order valence-electron chi connectivity index (χ1n) is 6.65. The lowest BCUT2D eigenvalue weighted by molar-refractivity contribution is 0.0914. The molecule has 21 heavy (non-hydrogen) atoms. The van der Waals surface area contributed by atoms with Crippen molar-refractivity contribution in [3.05, 3.63) is 53.3 Å². The van der Waals surface area contributed by atoms with Crippen LogP contribution in [0.15, 0.2) is 42.6 Å². The fourth-order valence-electron chi connectivity index (χ4n) is 1.76. The van der Waals surface area contributed by atoms with E-state index in [0.717, 1.165) is 11.4 Å². The molecule has 5 heteroatoms. The van der Waals surface area contributed by atoms with Crippen LogP contribution in [0, 0.1) is 0 Å². The van der Waals surface area contributed by atoms with Gasteiger partial charge in [0.1, 0.15) is 5.69 Å². The number of nitrogens with zero attached hydrogens (tertiary/aromatic N) is 1. The molecule has 0 atom stereocenters. The van der Waals surface area contributed by atoms with Crippen LogP contribution in [0.3, 0.4) is 0 Å². The molecule has 1 aromatic heterocycles. The van der Waals surface area contributed by atoms with Crippen LogP contribution in [0.2, 0.25) is 5.02 Å². The van der Waals surface area contributed by atoms with Crippen LogP contribution in [0.4, 0.5) is 11.4 Å². The Bertz CT molecular complexity index is 650. The Hall–Kier alpha value is -2.07. The molecule has 1 heterocycles. The van der Waals surface area contributed by atoms with E-state index < -0.39 is 0 Å². The molecule has 0 saturated heterocycles. The maximum absolute atomic E-state index is 12.1. The van der Waals surface area contributed by atoms with Gasteiger partial charge >= 0.3 is 0 Å². The predicted octanol–water partition coefficient (Wildman–Crippen LogP) is 4.01. The fraction of sp³-hybridized carbons (Fsp3) is 0.250. The second-order valence-electron chi connectivity index (χ2n) is 5.74. The average Bonchev–Trinajstić information content (AvgIpc) is 2.40. The monoisotopic (exact) mass is 303 g/mol. The molecule has 2 rings (SSSR count). The summed E-state index contributed by atoms with van der Waals surface area (Å²) >= 11 is 6.11. The smallest absolute Gasteiger partial charge is 0.270 e. The zero-order valence-electron chi connectivity index (χ0n) is 12.3. The molecule has 0 spiro atoms. The number of hydrogen-bond acceptors (Lipinski definition) is 3. The lowest BCUT2D eigenvalue weighted by Gasteiger charge is -2.20. The molecular weight excluding hydrogens is 286 g/mol. The second-order valence-corrected chi connectivity index (χ2v) is 6.15. The van der Waals surface area contributed by atoms with Crippen molar-refractivity contribution in [1.82, 2.24) is 10.3 Å². The van der Waals surface area contributed by atoms with E-state index in [1.54, 1.807) is 24.4 Å². The minimum Gasteiger partial charge on any atom is -0.354 e.